The van der Waals surface area contributed by atoms with E-state index in [-0.39, 0.29) is 0 Å². The van der Waals surface area contributed by atoms with E-state index in [1.165, 1.54) is 63.5 Å². The lowest BCUT2D eigenvalue weighted by Crippen LogP contribution is -2.46. The molecule has 0 atom stereocenters. The third-order valence-electron chi connectivity index (χ3n) is 4.61. The standard InChI is InChI=1S/C15H26N4S/c1(2-14-3-5-16-6-4-14)8-18-9-11-19(12-10-18)15-17-7-13-20-15/h7,13-14,16H,1-6,8-12H2. The summed E-state index contributed by atoms with van der Waals surface area (Å²) in [4.78, 5) is 9.46. The predicted molar refractivity (Wildman–Crippen MR) is 85.6 cm³/mol. The Morgan fingerprint density at radius 3 is 2.70 bits per heavy atom. The molecule has 2 aliphatic rings. The Kier molecular flexibility index (Phi) is 5.28. The van der Waals surface area contributed by atoms with Crippen LogP contribution >= 0.6 is 11.3 Å². The summed E-state index contributed by atoms with van der Waals surface area (Å²) in [5.74, 6) is 0.979. The molecule has 2 aliphatic heterocycles. The molecule has 1 aromatic rings. The van der Waals surface area contributed by atoms with Gasteiger partial charge >= 0.3 is 0 Å². The van der Waals surface area contributed by atoms with Crippen LogP contribution < -0.4 is 10.2 Å². The van der Waals surface area contributed by atoms with Crippen molar-refractivity contribution in [2.45, 2.75) is 25.7 Å². The Balaban J connectivity index is 1.32. The Morgan fingerprint density at radius 2 is 2.00 bits per heavy atom. The van der Waals surface area contributed by atoms with E-state index in [0.717, 1.165) is 19.0 Å². The van der Waals surface area contributed by atoms with Gasteiger partial charge in [0.2, 0.25) is 0 Å². The van der Waals surface area contributed by atoms with E-state index >= 15 is 0 Å². The van der Waals surface area contributed by atoms with Crippen molar-refractivity contribution in [2.75, 3.05) is 50.7 Å². The second-order valence-electron chi connectivity index (χ2n) is 5.98. The highest BCUT2D eigenvalue weighted by atomic mass is 32.1. The molecule has 0 unspecified atom stereocenters. The van der Waals surface area contributed by atoms with Crippen molar-refractivity contribution in [1.29, 1.82) is 0 Å². The molecule has 20 heavy (non-hydrogen) atoms. The second kappa shape index (κ2) is 7.38. The molecule has 4 nitrogen and oxygen atoms in total. The van der Waals surface area contributed by atoms with E-state index in [0.29, 0.717) is 0 Å². The molecule has 0 amide bonds. The number of hydrogen-bond acceptors (Lipinski definition) is 5. The van der Waals surface area contributed by atoms with Crippen molar-refractivity contribution < 1.29 is 0 Å². The van der Waals surface area contributed by atoms with Crippen LogP contribution in [0.4, 0.5) is 5.13 Å². The highest BCUT2D eigenvalue weighted by Gasteiger charge is 2.19. The summed E-state index contributed by atoms with van der Waals surface area (Å²) in [5.41, 5.74) is 0. The first kappa shape index (κ1) is 14.3. The molecule has 0 spiro atoms. The summed E-state index contributed by atoms with van der Waals surface area (Å²) in [6.07, 6.45) is 7.48. The van der Waals surface area contributed by atoms with Crippen molar-refractivity contribution in [3.05, 3.63) is 11.6 Å². The van der Waals surface area contributed by atoms with E-state index in [1.54, 1.807) is 11.3 Å². The average molecular weight is 294 g/mol. The third kappa shape index (κ3) is 3.93. The molecule has 0 aromatic carbocycles. The number of piperazine rings is 1. The fourth-order valence-corrected chi connectivity index (χ4v) is 4.01. The van der Waals surface area contributed by atoms with Gasteiger partial charge < -0.3 is 10.2 Å². The van der Waals surface area contributed by atoms with Crippen molar-refractivity contribution in [1.82, 2.24) is 15.2 Å². The summed E-state index contributed by atoms with van der Waals surface area (Å²) in [6.45, 7) is 8.43. The molecule has 0 bridgehead atoms. The molecule has 2 fully saturated rings. The van der Waals surface area contributed by atoms with Crippen LogP contribution in [-0.4, -0.2) is 55.7 Å². The van der Waals surface area contributed by atoms with Gasteiger partial charge in [-0.2, -0.15) is 0 Å². The maximum absolute atomic E-state index is 4.41. The quantitative estimate of drug-likeness (QED) is 0.900. The van der Waals surface area contributed by atoms with Crippen molar-refractivity contribution in [3.8, 4) is 0 Å². The van der Waals surface area contributed by atoms with Crippen LogP contribution in [0.25, 0.3) is 0 Å². The molecular formula is C15H26N4S. The number of hydrogen-bond donors (Lipinski definition) is 1. The summed E-state index contributed by atoms with van der Waals surface area (Å²) in [5, 5.41) is 6.72. The molecule has 112 valence electrons. The lowest BCUT2D eigenvalue weighted by atomic mass is 9.93. The van der Waals surface area contributed by atoms with Gasteiger partial charge in [0, 0.05) is 37.8 Å². The van der Waals surface area contributed by atoms with Gasteiger partial charge in [-0.25, -0.2) is 4.98 Å². The predicted octanol–water partition coefficient (Wildman–Crippen LogP) is 2.04. The zero-order valence-electron chi connectivity index (χ0n) is 12.3. The molecule has 0 aliphatic carbocycles. The number of nitrogens with zero attached hydrogens (tertiary/aromatic N) is 3. The van der Waals surface area contributed by atoms with Gasteiger partial charge in [0.25, 0.3) is 0 Å². The Morgan fingerprint density at radius 1 is 1.20 bits per heavy atom. The van der Waals surface area contributed by atoms with Crippen LogP contribution in [0.2, 0.25) is 0 Å². The summed E-state index contributed by atoms with van der Waals surface area (Å²) < 4.78 is 0. The fourth-order valence-electron chi connectivity index (χ4n) is 3.31. The van der Waals surface area contributed by atoms with Crippen LogP contribution in [-0.2, 0) is 0 Å². The molecule has 5 heteroatoms. The number of piperidine rings is 1. The Bertz CT molecular complexity index is 367. The highest BCUT2D eigenvalue weighted by Crippen LogP contribution is 2.20. The van der Waals surface area contributed by atoms with Crippen LogP contribution in [0.1, 0.15) is 25.7 Å². The van der Waals surface area contributed by atoms with Crippen LogP contribution in [0.5, 0.6) is 0 Å². The summed E-state index contributed by atoms with van der Waals surface area (Å²) in [6, 6.07) is 0. The largest absolute Gasteiger partial charge is 0.346 e. The zero-order chi connectivity index (χ0) is 13.6. The van der Waals surface area contributed by atoms with E-state index in [1.807, 2.05) is 6.20 Å². The van der Waals surface area contributed by atoms with Gasteiger partial charge in [0.1, 0.15) is 0 Å². The minimum atomic E-state index is 0.979. The normalized spacial score (nSPS) is 22.3. The highest BCUT2D eigenvalue weighted by molar-refractivity contribution is 7.13. The minimum Gasteiger partial charge on any atom is -0.346 e. The number of aromatic nitrogens is 1. The number of thiazole rings is 1. The van der Waals surface area contributed by atoms with Gasteiger partial charge in [0.15, 0.2) is 5.13 Å². The van der Waals surface area contributed by atoms with Crippen molar-refractivity contribution in [2.24, 2.45) is 5.92 Å². The number of rotatable bonds is 5. The van der Waals surface area contributed by atoms with E-state index in [9.17, 15) is 0 Å². The van der Waals surface area contributed by atoms with Crippen molar-refractivity contribution >= 4 is 16.5 Å². The van der Waals surface area contributed by atoms with E-state index < -0.39 is 0 Å². The minimum absolute atomic E-state index is 0.979. The fraction of sp³-hybridized carbons (Fsp3) is 0.800. The summed E-state index contributed by atoms with van der Waals surface area (Å²) in [7, 11) is 0. The zero-order valence-corrected chi connectivity index (χ0v) is 13.1. The van der Waals surface area contributed by atoms with Gasteiger partial charge in [-0.3, -0.25) is 4.90 Å². The first-order valence-electron chi connectivity index (χ1n) is 7.99. The molecule has 3 rings (SSSR count). The van der Waals surface area contributed by atoms with Gasteiger partial charge in [-0.15, -0.1) is 11.3 Å². The lowest BCUT2D eigenvalue weighted by molar-refractivity contribution is 0.239. The topological polar surface area (TPSA) is 31.4 Å². The molecule has 2 saturated heterocycles. The van der Waals surface area contributed by atoms with E-state index in [2.05, 4.69) is 25.5 Å². The first-order chi connectivity index (χ1) is 9.92. The molecule has 3 heterocycles. The summed E-state index contributed by atoms with van der Waals surface area (Å²) >= 11 is 1.76. The average Bonchev–Trinajstić information content (AvgIpc) is 3.03. The molecule has 0 radical (unpaired) electrons. The van der Waals surface area contributed by atoms with Crippen LogP contribution in [0, 0.1) is 5.92 Å². The maximum Gasteiger partial charge on any atom is 0.185 e. The number of nitrogens with one attached hydrogen (secondary N) is 1. The second-order valence-corrected chi connectivity index (χ2v) is 6.85. The maximum atomic E-state index is 4.41. The SMILES string of the molecule is c1csc(N2CCN(CCCC3CCNCC3)CC2)n1. The van der Waals surface area contributed by atoms with E-state index in [4.69, 9.17) is 0 Å². The van der Waals surface area contributed by atoms with Crippen LogP contribution in [0.15, 0.2) is 11.6 Å². The van der Waals surface area contributed by atoms with Crippen molar-refractivity contribution in [3.63, 3.8) is 0 Å². The lowest BCUT2D eigenvalue weighted by Gasteiger charge is -2.34. The van der Waals surface area contributed by atoms with Gasteiger partial charge in [-0.1, -0.05) is 0 Å². The molecular weight excluding hydrogens is 268 g/mol. The Labute approximate surface area is 126 Å². The van der Waals surface area contributed by atoms with Gasteiger partial charge in [-0.05, 0) is 51.2 Å². The smallest absolute Gasteiger partial charge is 0.185 e. The molecule has 1 aromatic heterocycles. The first-order valence-corrected chi connectivity index (χ1v) is 8.87. The van der Waals surface area contributed by atoms with Gasteiger partial charge in [0.05, 0.1) is 0 Å². The third-order valence-corrected chi connectivity index (χ3v) is 5.44. The molecule has 1 N–H and O–H groups in total. The monoisotopic (exact) mass is 294 g/mol. The molecule has 0 saturated carbocycles. The Hall–Kier alpha value is -0.650. The van der Waals surface area contributed by atoms with Crippen LogP contribution in [0.3, 0.4) is 0 Å². The number of anilines is 1.